The maximum Gasteiger partial charge on any atom is 0.146 e. The predicted octanol–water partition coefficient (Wildman–Crippen LogP) is 3.22. The zero-order valence-electron chi connectivity index (χ0n) is 9.42. The Balaban J connectivity index is 2.07. The van der Waals surface area contributed by atoms with Gasteiger partial charge in [0.05, 0.1) is 12.3 Å². The fourth-order valence-electron chi connectivity index (χ4n) is 1.29. The van der Waals surface area contributed by atoms with Gasteiger partial charge in [0.25, 0.3) is 0 Å². The molecule has 0 aromatic heterocycles. The number of hydrogen-bond donors (Lipinski definition) is 1. The van der Waals surface area contributed by atoms with Gasteiger partial charge in [-0.1, -0.05) is 18.2 Å². The Kier molecular flexibility index (Phi) is 6.26. The Morgan fingerprint density at radius 1 is 1.31 bits per heavy atom. The molecule has 0 saturated carbocycles. The van der Waals surface area contributed by atoms with Crippen molar-refractivity contribution in [2.24, 2.45) is 0 Å². The molecule has 0 spiro atoms. The van der Waals surface area contributed by atoms with Gasteiger partial charge in [-0.3, -0.25) is 0 Å². The van der Waals surface area contributed by atoms with Crippen molar-refractivity contribution in [2.45, 2.75) is 12.8 Å². The number of anilines is 1. The van der Waals surface area contributed by atoms with Gasteiger partial charge in [-0.05, 0) is 25.0 Å². The minimum atomic E-state index is -0.228. The van der Waals surface area contributed by atoms with Crippen molar-refractivity contribution in [3.05, 3.63) is 42.7 Å². The predicted molar refractivity (Wildman–Crippen MR) is 65.1 cm³/mol. The summed E-state index contributed by atoms with van der Waals surface area (Å²) >= 11 is 0. The Morgan fingerprint density at radius 2 is 2.12 bits per heavy atom. The van der Waals surface area contributed by atoms with E-state index in [1.54, 1.807) is 18.2 Å². The van der Waals surface area contributed by atoms with Crippen LogP contribution in [0.25, 0.3) is 0 Å². The lowest BCUT2D eigenvalue weighted by molar-refractivity contribution is 0.142. The first-order valence-corrected chi connectivity index (χ1v) is 5.51. The molecule has 0 unspecified atom stereocenters. The Labute approximate surface area is 96.1 Å². The number of ether oxygens (including phenoxy) is 1. The Hall–Kier alpha value is -1.35. The quantitative estimate of drug-likeness (QED) is 0.539. The van der Waals surface area contributed by atoms with Crippen LogP contribution in [0.15, 0.2) is 36.9 Å². The van der Waals surface area contributed by atoms with Crippen LogP contribution in [0.5, 0.6) is 0 Å². The summed E-state index contributed by atoms with van der Waals surface area (Å²) in [7, 11) is 0. The third-order valence-corrected chi connectivity index (χ3v) is 2.13. The molecular formula is C13H18FNO. The standard InChI is InChI=1S/C13H18FNO/c1-2-3-6-10-16-11-9-15-13-8-5-4-7-12(13)14/h2,4-5,7-8,15H,1,3,6,9-11H2. The summed E-state index contributed by atoms with van der Waals surface area (Å²) < 4.78 is 18.5. The van der Waals surface area contributed by atoms with Gasteiger partial charge in [0, 0.05) is 13.2 Å². The van der Waals surface area contributed by atoms with E-state index in [9.17, 15) is 4.39 Å². The van der Waals surface area contributed by atoms with Crippen LogP contribution in [0.3, 0.4) is 0 Å². The number of halogens is 1. The number of allylic oxidation sites excluding steroid dienone is 1. The summed E-state index contributed by atoms with van der Waals surface area (Å²) in [6.07, 6.45) is 3.84. The van der Waals surface area contributed by atoms with Crippen molar-refractivity contribution >= 4 is 5.69 Å². The van der Waals surface area contributed by atoms with Crippen LogP contribution >= 0.6 is 0 Å². The third kappa shape index (κ3) is 4.94. The van der Waals surface area contributed by atoms with Crippen LogP contribution in [0.2, 0.25) is 0 Å². The van der Waals surface area contributed by atoms with E-state index < -0.39 is 0 Å². The summed E-state index contributed by atoms with van der Waals surface area (Å²) in [5.41, 5.74) is 0.525. The van der Waals surface area contributed by atoms with Crippen LogP contribution in [0, 0.1) is 5.82 Å². The lowest BCUT2D eigenvalue weighted by Crippen LogP contribution is -2.10. The number of rotatable bonds is 8. The van der Waals surface area contributed by atoms with Crippen molar-refractivity contribution in [1.82, 2.24) is 0 Å². The number of benzene rings is 1. The number of hydrogen-bond acceptors (Lipinski definition) is 2. The minimum absolute atomic E-state index is 0.228. The first-order valence-electron chi connectivity index (χ1n) is 5.51. The lowest BCUT2D eigenvalue weighted by atomic mass is 10.3. The van der Waals surface area contributed by atoms with Crippen molar-refractivity contribution in [3.63, 3.8) is 0 Å². The molecule has 0 aliphatic carbocycles. The van der Waals surface area contributed by atoms with Crippen molar-refractivity contribution in [1.29, 1.82) is 0 Å². The van der Waals surface area contributed by atoms with Crippen molar-refractivity contribution in [2.75, 3.05) is 25.1 Å². The zero-order chi connectivity index (χ0) is 11.6. The number of nitrogens with one attached hydrogen (secondary N) is 1. The molecule has 1 N–H and O–H groups in total. The second kappa shape index (κ2) is 7.88. The first kappa shape index (κ1) is 12.7. The van der Waals surface area contributed by atoms with E-state index in [4.69, 9.17) is 4.74 Å². The van der Waals surface area contributed by atoms with Gasteiger partial charge in [-0.2, -0.15) is 0 Å². The molecule has 0 amide bonds. The van der Waals surface area contributed by atoms with Gasteiger partial charge in [0.15, 0.2) is 0 Å². The molecule has 0 fully saturated rings. The van der Waals surface area contributed by atoms with Gasteiger partial charge in [0.1, 0.15) is 5.82 Å². The summed E-state index contributed by atoms with van der Waals surface area (Å²) in [5.74, 6) is -0.228. The SMILES string of the molecule is C=CCCCOCCNc1ccccc1F. The summed E-state index contributed by atoms with van der Waals surface area (Å²) in [6.45, 7) is 5.57. The molecule has 0 aliphatic heterocycles. The van der Waals surface area contributed by atoms with Crippen LogP contribution in [0.4, 0.5) is 10.1 Å². The van der Waals surface area contributed by atoms with Gasteiger partial charge >= 0.3 is 0 Å². The average Bonchev–Trinajstić information content (AvgIpc) is 2.30. The highest BCUT2D eigenvalue weighted by atomic mass is 19.1. The molecule has 1 aromatic rings. The molecule has 0 heterocycles. The molecule has 3 heteroatoms. The highest BCUT2D eigenvalue weighted by Gasteiger charge is 1.97. The van der Waals surface area contributed by atoms with Crippen molar-refractivity contribution in [3.8, 4) is 0 Å². The zero-order valence-corrected chi connectivity index (χ0v) is 9.42. The topological polar surface area (TPSA) is 21.3 Å². The highest BCUT2D eigenvalue weighted by molar-refractivity contribution is 5.44. The second-order valence-corrected chi connectivity index (χ2v) is 3.45. The van der Waals surface area contributed by atoms with Crippen LogP contribution in [0.1, 0.15) is 12.8 Å². The van der Waals surface area contributed by atoms with Gasteiger partial charge in [-0.15, -0.1) is 6.58 Å². The van der Waals surface area contributed by atoms with Crippen LogP contribution < -0.4 is 5.32 Å². The van der Waals surface area contributed by atoms with Crippen LogP contribution in [-0.2, 0) is 4.74 Å². The lowest BCUT2D eigenvalue weighted by Gasteiger charge is -2.07. The van der Waals surface area contributed by atoms with E-state index in [1.165, 1.54) is 6.07 Å². The molecule has 0 saturated heterocycles. The molecule has 2 nitrogen and oxygen atoms in total. The molecular weight excluding hydrogens is 205 g/mol. The second-order valence-electron chi connectivity index (χ2n) is 3.45. The number of unbranched alkanes of at least 4 members (excludes halogenated alkanes) is 1. The van der Waals surface area contributed by atoms with Crippen molar-refractivity contribution < 1.29 is 9.13 Å². The van der Waals surface area contributed by atoms with E-state index in [0.717, 1.165) is 19.4 Å². The van der Waals surface area contributed by atoms with E-state index >= 15 is 0 Å². The summed E-state index contributed by atoms with van der Waals surface area (Å²) in [5, 5.41) is 2.98. The molecule has 88 valence electrons. The summed E-state index contributed by atoms with van der Waals surface area (Å²) in [6, 6.07) is 6.63. The molecule has 0 radical (unpaired) electrons. The van der Waals surface area contributed by atoms with Gasteiger partial charge in [-0.25, -0.2) is 4.39 Å². The average molecular weight is 223 g/mol. The fraction of sp³-hybridized carbons (Fsp3) is 0.385. The monoisotopic (exact) mass is 223 g/mol. The molecule has 0 atom stereocenters. The first-order chi connectivity index (χ1) is 7.84. The van der Waals surface area contributed by atoms with E-state index in [1.807, 2.05) is 6.08 Å². The Morgan fingerprint density at radius 3 is 2.88 bits per heavy atom. The smallest absolute Gasteiger partial charge is 0.146 e. The maximum atomic E-state index is 13.2. The normalized spacial score (nSPS) is 10.1. The Bertz CT molecular complexity index is 315. The fourth-order valence-corrected chi connectivity index (χ4v) is 1.29. The van der Waals surface area contributed by atoms with Crippen LogP contribution in [-0.4, -0.2) is 19.8 Å². The molecule has 1 aromatic carbocycles. The number of para-hydroxylation sites is 1. The molecule has 16 heavy (non-hydrogen) atoms. The van der Waals surface area contributed by atoms with Gasteiger partial charge in [0.2, 0.25) is 0 Å². The largest absolute Gasteiger partial charge is 0.380 e. The third-order valence-electron chi connectivity index (χ3n) is 2.13. The maximum absolute atomic E-state index is 13.2. The van der Waals surface area contributed by atoms with E-state index in [2.05, 4.69) is 11.9 Å². The molecule has 1 rings (SSSR count). The molecule has 0 aliphatic rings. The summed E-state index contributed by atoms with van der Waals surface area (Å²) in [4.78, 5) is 0. The minimum Gasteiger partial charge on any atom is -0.380 e. The van der Waals surface area contributed by atoms with Gasteiger partial charge < -0.3 is 10.1 Å². The molecule has 0 bridgehead atoms. The van der Waals surface area contributed by atoms with E-state index in [-0.39, 0.29) is 5.82 Å². The van der Waals surface area contributed by atoms with E-state index in [0.29, 0.717) is 18.8 Å². The highest BCUT2D eigenvalue weighted by Crippen LogP contribution is 2.11.